The van der Waals surface area contributed by atoms with Crippen LogP contribution in [0.25, 0.3) is 11.3 Å². The summed E-state index contributed by atoms with van der Waals surface area (Å²) >= 11 is 11.7. The Morgan fingerprint density at radius 3 is 2.50 bits per heavy atom. The first-order valence-corrected chi connectivity index (χ1v) is 9.67. The van der Waals surface area contributed by atoms with Crippen molar-refractivity contribution >= 4 is 33.2 Å². The van der Waals surface area contributed by atoms with E-state index >= 15 is 0 Å². The second kappa shape index (κ2) is 7.36. The van der Waals surface area contributed by atoms with Crippen LogP contribution in [0.15, 0.2) is 51.8 Å². The molecular formula is C17H13Cl2FN2O3S. The van der Waals surface area contributed by atoms with Gasteiger partial charge in [0.1, 0.15) is 10.7 Å². The maximum atomic E-state index is 13.1. The molecule has 0 atom stereocenters. The zero-order chi connectivity index (χ0) is 18.9. The molecule has 136 valence electrons. The van der Waals surface area contributed by atoms with Crippen molar-refractivity contribution in [3.8, 4) is 11.3 Å². The first-order valence-electron chi connectivity index (χ1n) is 7.43. The van der Waals surface area contributed by atoms with E-state index in [2.05, 4.69) is 9.71 Å². The van der Waals surface area contributed by atoms with E-state index in [4.69, 9.17) is 27.6 Å². The Morgan fingerprint density at radius 2 is 1.85 bits per heavy atom. The van der Waals surface area contributed by atoms with Gasteiger partial charge >= 0.3 is 0 Å². The van der Waals surface area contributed by atoms with Crippen LogP contribution in [0, 0.1) is 12.7 Å². The van der Waals surface area contributed by atoms with Gasteiger partial charge in [-0.25, -0.2) is 22.5 Å². The lowest BCUT2D eigenvalue weighted by molar-refractivity contribution is 0.494. The standard InChI is InChI=1S/C17H13Cl2FN2O3S/c1-10-17(11-2-4-12(18)5-3-11)25-16(22-10)9-21-26(23,24)15-7-6-13(20)8-14(15)19/h2-8,21H,9H2,1H3. The summed E-state index contributed by atoms with van der Waals surface area (Å²) in [4.78, 5) is 4.00. The molecule has 9 heteroatoms. The summed E-state index contributed by atoms with van der Waals surface area (Å²) in [5.74, 6) is 0.0924. The van der Waals surface area contributed by atoms with Crippen LogP contribution >= 0.6 is 23.2 Å². The fourth-order valence-electron chi connectivity index (χ4n) is 2.32. The third-order valence-corrected chi connectivity index (χ3v) is 5.68. The number of benzene rings is 2. The molecule has 3 aromatic rings. The summed E-state index contributed by atoms with van der Waals surface area (Å²) in [6.45, 7) is 1.58. The number of hydrogen-bond acceptors (Lipinski definition) is 4. The number of sulfonamides is 1. The molecule has 0 saturated heterocycles. The summed E-state index contributed by atoms with van der Waals surface area (Å²) in [5, 5.41) is 0.387. The van der Waals surface area contributed by atoms with E-state index in [1.165, 1.54) is 0 Å². The smallest absolute Gasteiger partial charge is 0.242 e. The molecule has 0 spiro atoms. The largest absolute Gasteiger partial charge is 0.439 e. The van der Waals surface area contributed by atoms with Crippen LogP contribution in [0.5, 0.6) is 0 Å². The third-order valence-electron chi connectivity index (χ3n) is 3.54. The normalized spacial score (nSPS) is 11.7. The fourth-order valence-corrected chi connectivity index (χ4v) is 3.95. The molecular weight excluding hydrogens is 402 g/mol. The Balaban J connectivity index is 1.79. The van der Waals surface area contributed by atoms with Crippen molar-refractivity contribution in [1.82, 2.24) is 9.71 Å². The highest BCUT2D eigenvalue weighted by atomic mass is 35.5. The van der Waals surface area contributed by atoms with Gasteiger partial charge in [0, 0.05) is 10.6 Å². The number of nitrogens with zero attached hydrogens (tertiary/aromatic N) is 1. The minimum Gasteiger partial charge on any atom is -0.439 e. The van der Waals surface area contributed by atoms with E-state index < -0.39 is 15.8 Å². The minimum absolute atomic E-state index is 0.176. The molecule has 0 saturated carbocycles. The molecule has 26 heavy (non-hydrogen) atoms. The average molecular weight is 415 g/mol. The zero-order valence-electron chi connectivity index (χ0n) is 13.5. The lowest BCUT2D eigenvalue weighted by Crippen LogP contribution is -2.23. The molecule has 0 aliphatic heterocycles. The van der Waals surface area contributed by atoms with Gasteiger partial charge in [0.05, 0.1) is 17.3 Å². The summed E-state index contributed by atoms with van der Waals surface area (Å²) in [6, 6.07) is 10.1. The topological polar surface area (TPSA) is 72.2 Å². The van der Waals surface area contributed by atoms with Crippen LogP contribution < -0.4 is 4.72 Å². The highest BCUT2D eigenvalue weighted by Gasteiger charge is 2.20. The van der Waals surface area contributed by atoms with E-state index in [0.29, 0.717) is 16.5 Å². The second-order valence-corrected chi connectivity index (χ2v) is 8.01. The number of hydrogen-bond donors (Lipinski definition) is 1. The highest BCUT2D eigenvalue weighted by Crippen LogP contribution is 2.26. The van der Waals surface area contributed by atoms with Crippen molar-refractivity contribution in [2.75, 3.05) is 0 Å². The first-order chi connectivity index (χ1) is 12.3. The Morgan fingerprint density at radius 1 is 1.15 bits per heavy atom. The van der Waals surface area contributed by atoms with E-state index in [-0.39, 0.29) is 22.4 Å². The number of rotatable bonds is 5. The van der Waals surface area contributed by atoms with Gasteiger partial charge in [-0.15, -0.1) is 0 Å². The summed E-state index contributed by atoms with van der Waals surface area (Å²) in [5.41, 5.74) is 1.39. The van der Waals surface area contributed by atoms with Gasteiger partial charge in [-0.2, -0.15) is 0 Å². The quantitative estimate of drug-likeness (QED) is 0.663. The monoisotopic (exact) mass is 414 g/mol. The van der Waals surface area contributed by atoms with Crippen molar-refractivity contribution < 1.29 is 17.2 Å². The maximum absolute atomic E-state index is 13.1. The Labute approximate surface area is 159 Å². The third kappa shape index (κ3) is 4.07. The molecule has 1 heterocycles. The van der Waals surface area contributed by atoms with E-state index in [1.54, 1.807) is 31.2 Å². The minimum atomic E-state index is -3.95. The van der Waals surface area contributed by atoms with Crippen LogP contribution in [-0.4, -0.2) is 13.4 Å². The van der Waals surface area contributed by atoms with Gasteiger partial charge in [0.25, 0.3) is 0 Å². The zero-order valence-corrected chi connectivity index (χ0v) is 15.8. The second-order valence-electron chi connectivity index (χ2n) is 5.43. The van der Waals surface area contributed by atoms with Crippen LogP contribution in [0.4, 0.5) is 4.39 Å². The molecule has 1 aromatic heterocycles. The van der Waals surface area contributed by atoms with E-state index in [0.717, 1.165) is 23.8 Å². The first kappa shape index (κ1) is 18.8. The number of oxazole rings is 1. The molecule has 0 bridgehead atoms. The Kier molecular flexibility index (Phi) is 5.34. The summed E-state index contributed by atoms with van der Waals surface area (Å²) in [6.07, 6.45) is 0. The number of nitrogens with one attached hydrogen (secondary N) is 1. The SMILES string of the molecule is Cc1nc(CNS(=O)(=O)c2ccc(F)cc2Cl)oc1-c1ccc(Cl)cc1. The van der Waals surface area contributed by atoms with Crippen molar-refractivity contribution in [2.45, 2.75) is 18.4 Å². The van der Waals surface area contributed by atoms with Crippen LogP contribution in [0.2, 0.25) is 10.0 Å². The number of halogens is 3. The summed E-state index contributed by atoms with van der Waals surface area (Å²) in [7, 11) is -3.95. The molecule has 0 aliphatic carbocycles. The number of aromatic nitrogens is 1. The van der Waals surface area contributed by atoms with Crippen molar-refractivity contribution in [3.05, 3.63) is 69.9 Å². The van der Waals surface area contributed by atoms with Crippen LogP contribution in [0.3, 0.4) is 0 Å². The molecule has 0 amide bonds. The summed E-state index contributed by atoms with van der Waals surface area (Å²) < 4.78 is 45.7. The van der Waals surface area contributed by atoms with Gasteiger partial charge in [-0.3, -0.25) is 0 Å². The van der Waals surface area contributed by atoms with Gasteiger partial charge in [-0.05, 0) is 49.4 Å². The number of aryl methyl sites for hydroxylation is 1. The molecule has 2 aromatic carbocycles. The molecule has 0 unspecified atom stereocenters. The molecule has 5 nitrogen and oxygen atoms in total. The van der Waals surface area contributed by atoms with Gasteiger partial charge in [0.2, 0.25) is 15.9 Å². The van der Waals surface area contributed by atoms with Crippen molar-refractivity contribution in [2.24, 2.45) is 0 Å². The van der Waals surface area contributed by atoms with E-state index in [9.17, 15) is 12.8 Å². The van der Waals surface area contributed by atoms with Crippen LogP contribution in [0.1, 0.15) is 11.6 Å². The lowest BCUT2D eigenvalue weighted by atomic mass is 10.1. The van der Waals surface area contributed by atoms with E-state index in [1.807, 2.05) is 0 Å². The Hall–Kier alpha value is -1.93. The molecule has 0 aliphatic rings. The molecule has 0 radical (unpaired) electrons. The molecule has 0 fully saturated rings. The van der Waals surface area contributed by atoms with Gasteiger partial charge in [-0.1, -0.05) is 23.2 Å². The highest BCUT2D eigenvalue weighted by molar-refractivity contribution is 7.89. The average Bonchev–Trinajstić information content (AvgIpc) is 2.94. The molecule has 1 N–H and O–H groups in total. The fraction of sp³-hybridized carbons (Fsp3) is 0.118. The van der Waals surface area contributed by atoms with Crippen molar-refractivity contribution in [3.63, 3.8) is 0 Å². The Bertz CT molecular complexity index is 1050. The van der Waals surface area contributed by atoms with Crippen molar-refractivity contribution in [1.29, 1.82) is 0 Å². The predicted octanol–water partition coefficient (Wildman–Crippen LogP) is 4.57. The lowest BCUT2D eigenvalue weighted by Gasteiger charge is -2.06. The maximum Gasteiger partial charge on any atom is 0.242 e. The predicted molar refractivity (Wildman–Crippen MR) is 97.1 cm³/mol. The molecule has 3 rings (SSSR count). The van der Waals surface area contributed by atoms with Crippen LogP contribution in [-0.2, 0) is 16.6 Å². The van der Waals surface area contributed by atoms with Gasteiger partial charge in [0.15, 0.2) is 5.76 Å². The van der Waals surface area contributed by atoms with Gasteiger partial charge < -0.3 is 4.42 Å².